The SMILES string of the molecule is C[C@H](CC1CCCCC1)C(=O)N1C[C@@H](N2NNC=C2C(C)(C)O)C[C@H]1C(=O)NC1(C(=O)C(N)=O)CCOCC1. The maximum absolute atomic E-state index is 13.9. The quantitative estimate of drug-likeness (QED) is 0.253. The highest BCUT2D eigenvalue weighted by Gasteiger charge is 2.50. The molecule has 1 aliphatic carbocycles. The lowest BCUT2D eigenvalue weighted by molar-refractivity contribution is -0.147. The highest BCUT2D eigenvalue weighted by Crippen LogP contribution is 2.34. The molecule has 4 rings (SSSR count). The molecule has 3 heterocycles. The van der Waals surface area contributed by atoms with Crippen molar-refractivity contribution in [1.82, 2.24) is 26.2 Å². The Morgan fingerprint density at radius 1 is 1.21 bits per heavy atom. The predicted octanol–water partition coefficient (Wildman–Crippen LogP) is 0.219. The zero-order chi connectivity index (χ0) is 28.4. The summed E-state index contributed by atoms with van der Waals surface area (Å²) in [5.41, 5.74) is 9.25. The highest BCUT2D eigenvalue weighted by molar-refractivity contribution is 6.39. The van der Waals surface area contributed by atoms with Crippen LogP contribution in [-0.2, 0) is 23.9 Å². The van der Waals surface area contributed by atoms with Gasteiger partial charge in [0.1, 0.15) is 17.2 Å². The highest BCUT2D eigenvalue weighted by atomic mass is 16.5. The van der Waals surface area contributed by atoms with Gasteiger partial charge in [-0.3, -0.25) is 24.2 Å². The van der Waals surface area contributed by atoms with E-state index in [-0.39, 0.29) is 56.9 Å². The third-order valence-electron chi connectivity index (χ3n) is 8.71. The average Bonchev–Trinajstić information content (AvgIpc) is 3.56. The molecule has 12 heteroatoms. The van der Waals surface area contributed by atoms with Gasteiger partial charge in [0, 0.05) is 51.1 Å². The second-order valence-electron chi connectivity index (χ2n) is 12.1. The first-order valence-corrected chi connectivity index (χ1v) is 14.2. The summed E-state index contributed by atoms with van der Waals surface area (Å²) >= 11 is 0. The van der Waals surface area contributed by atoms with E-state index in [2.05, 4.69) is 16.3 Å². The van der Waals surface area contributed by atoms with Crippen molar-refractivity contribution in [2.75, 3.05) is 19.8 Å². The van der Waals surface area contributed by atoms with E-state index >= 15 is 0 Å². The number of nitrogens with two attached hydrogens (primary N) is 1. The van der Waals surface area contributed by atoms with Gasteiger partial charge in [-0.1, -0.05) is 39.0 Å². The number of carbonyl (C=O) groups is 4. The largest absolute Gasteiger partial charge is 0.384 e. The number of nitrogens with zero attached hydrogens (tertiary/aromatic N) is 2. The van der Waals surface area contributed by atoms with Crippen LogP contribution < -0.4 is 22.0 Å². The molecule has 218 valence electrons. The molecular weight excluding hydrogens is 504 g/mol. The summed E-state index contributed by atoms with van der Waals surface area (Å²) in [5, 5.41) is 15.3. The number of amides is 3. The topological polar surface area (TPSA) is 166 Å². The molecule has 3 aliphatic heterocycles. The number of primary amides is 1. The van der Waals surface area contributed by atoms with Gasteiger partial charge in [-0.05, 0) is 26.2 Å². The Morgan fingerprint density at radius 3 is 2.49 bits per heavy atom. The third-order valence-corrected chi connectivity index (χ3v) is 8.71. The van der Waals surface area contributed by atoms with Crippen LogP contribution in [-0.4, -0.2) is 81.5 Å². The Balaban J connectivity index is 1.57. The summed E-state index contributed by atoms with van der Waals surface area (Å²) < 4.78 is 5.38. The molecule has 6 N–H and O–H groups in total. The maximum Gasteiger partial charge on any atom is 0.287 e. The molecule has 3 fully saturated rings. The van der Waals surface area contributed by atoms with Crippen molar-refractivity contribution in [2.45, 2.75) is 102 Å². The van der Waals surface area contributed by atoms with Crippen molar-refractivity contribution in [1.29, 1.82) is 0 Å². The summed E-state index contributed by atoms with van der Waals surface area (Å²) in [5.74, 6) is -2.33. The van der Waals surface area contributed by atoms with Gasteiger partial charge in [-0.25, -0.2) is 0 Å². The lowest BCUT2D eigenvalue weighted by atomic mass is 9.83. The number of rotatable bonds is 9. The first kappa shape index (κ1) is 29.3. The van der Waals surface area contributed by atoms with Crippen molar-refractivity contribution >= 4 is 23.5 Å². The van der Waals surface area contributed by atoms with Crippen LogP contribution in [0.25, 0.3) is 0 Å². The zero-order valence-electron chi connectivity index (χ0n) is 23.3. The molecule has 12 nitrogen and oxygen atoms in total. The van der Waals surface area contributed by atoms with Gasteiger partial charge < -0.3 is 31.2 Å². The van der Waals surface area contributed by atoms with E-state index in [4.69, 9.17) is 10.5 Å². The third kappa shape index (κ3) is 6.38. The van der Waals surface area contributed by atoms with Crippen molar-refractivity contribution in [3.63, 3.8) is 0 Å². The Kier molecular flexibility index (Phi) is 8.87. The van der Waals surface area contributed by atoms with Crippen LogP contribution in [0.15, 0.2) is 11.9 Å². The Hall–Kier alpha value is -2.70. The summed E-state index contributed by atoms with van der Waals surface area (Å²) in [7, 11) is 0. The average molecular weight is 549 g/mol. The molecule has 39 heavy (non-hydrogen) atoms. The van der Waals surface area contributed by atoms with Crippen molar-refractivity contribution in [2.24, 2.45) is 17.6 Å². The summed E-state index contributed by atoms with van der Waals surface area (Å²) in [6.45, 7) is 5.92. The first-order valence-electron chi connectivity index (χ1n) is 14.2. The summed E-state index contributed by atoms with van der Waals surface area (Å²) in [6, 6.07) is -1.18. The fourth-order valence-electron chi connectivity index (χ4n) is 6.54. The van der Waals surface area contributed by atoms with Crippen LogP contribution in [0.2, 0.25) is 0 Å². The van der Waals surface area contributed by atoms with Gasteiger partial charge in [-0.2, -0.15) is 0 Å². The number of hydrazine groups is 2. The normalized spacial score (nSPS) is 26.5. The molecule has 0 aromatic carbocycles. The lowest BCUT2D eigenvalue weighted by Gasteiger charge is -2.37. The molecule has 0 unspecified atom stereocenters. The number of nitrogens with one attached hydrogen (secondary N) is 3. The molecular formula is C27H44N6O6. The molecule has 0 bridgehead atoms. The van der Waals surface area contributed by atoms with Gasteiger partial charge in [0.05, 0.1) is 11.7 Å². The second kappa shape index (κ2) is 11.8. The van der Waals surface area contributed by atoms with Gasteiger partial charge >= 0.3 is 0 Å². The molecule has 4 aliphatic rings. The number of Topliss-reactive ketones (excluding diaryl/α,β-unsaturated/α-hetero) is 1. The van der Waals surface area contributed by atoms with E-state index in [9.17, 15) is 24.3 Å². The standard InChI is InChI=1S/C27H44N6O6/c1-17(13-18-7-5-4-6-8-18)25(37)32-16-19(33-21(15-29-31-33)26(2,3)38)14-20(32)24(36)30-27(22(34)23(28)35)9-11-39-12-10-27/h15,17-20,29,31,38H,4-14,16H2,1-3H3,(H2,28,35)(H,30,36)/t17-,19+,20+/m1/s1. The first-order chi connectivity index (χ1) is 18.4. The number of hydrogen-bond donors (Lipinski definition) is 5. The van der Waals surface area contributed by atoms with Crippen LogP contribution in [0.5, 0.6) is 0 Å². The van der Waals surface area contributed by atoms with Crippen LogP contribution in [0.1, 0.15) is 78.6 Å². The minimum atomic E-state index is -1.45. The van der Waals surface area contributed by atoms with Crippen LogP contribution in [0.4, 0.5) is 0 Å². The number of aliphatic hydroxyl groups is 1. The van der Waals surface area contributed by atoms with Gasteiger partial charge in [-0.15, -0.1) is 5.53 Å². The molecule has 2 saturated heterocycles. The summed E-state index contributed by atoms with van der Waals surface area (Å²) in [4.78, 5) is 54.0. The predicted molar refractivity (Wildman–Crippen MR) is 142 cm³/mol. The number of likely N-dealkylation sites (tertiary alicyclic amines) is 1. The van der Waals surface area contributed by atoms with E-state index in [0.717, 1.165) is 19.3 Å². The molecule has 0 aromatic heterocycles. The second-order valence-corrected chi connectivity index (χ2v) is 12.1. The maximum atomic E-state index is 13.9. The van der Waals surface area contributed by atoms with Crippen molar-refractivity contribution in [3.8, 4) is 0 Å². The number of hydrogen-bond acceptors (Lipinski definition) is 9. The van der Waals surface area contributed by atoms with Crippen molar-refractivity contribution < 1.29 is 29.0 Å². The monoisotopic (exact) mass is 548 g/mol. The molecule has 3 amide bonds. The molecule has 0 aromatic rings. The van der Waals surface area contributed by atoms with Crippen LogP contribution in [0, 0.1) is 11.8 Å². The van der Waals surface area contributed by atoms with E-state index in [1.807, 2.05) is 6.92 Å². The van der Waals surface area contributed by atoms with Gasteiger partial charge in [0.15, 0.2) is 0 Å². The van der Waals surface area contributed by atoms with Gasteiger partial charge in [0.25, 0.3) is 5.91 Å². The molecule has 3 atom stereocenters. The number of carbonyl (C=O) groups excluding carboxylic acids is 4. The minimum absolute atomic E-state index is 0.105. The van der Waals surface area contributed by atoms with Gasteiger partial charge in [0.2, 0.25) is 17.6 Å². The molecule has 1 saturated carbocycles. The Morgan fingerprint density at radius 2 is 1.87 bits per heavy atom. The molecule has 0 spiro atoms. The fraction of sp³-hybridized carbons (Fsp3) is 0.778. The molecule has 0 radical (unpaired) electrons. The lowest BCUT2D eigenvalue weighted by Crippen LogP contribution is -2.63. The smallest absolute Gasteiger partial charge is 0.287 e. The number of ketones is 1. The van der Waals surface area contributed by atoms with E-state index in [1.54, 1.807) is 30.0 Å². The van der Waals surface area contributed by atoms with Crippen molar-refractivity contribution in [3.05, 3.63) is 11.9 Å². The van der Waals surface area contributed by atoms with E-state index in [1.165, 1.54) is 19.3 Å². The Bertz CT molecular complexity index is 982. The Labute approximate surface area is 230 Å². The summed E-state index contributed by atoms with van der Waals surface area (Å²) in [6.07, 6.45) is 8.80. The van der Waals surface area contributed by atoms with Crippen LogP contribution in [0.3, 0.4) is 0 Å². The fourth-order valence-corrected chi connectivity index (χ4v) is 6.54. The van der Waals surface area contributed by atoms with E-state index < -0.39 is 34.8 Å². The van der Waals surface area contributed by atoms with E-state index in [0.29, 0.717) is 11.6 Å². The number of ether oxygens (including phenoxy) is 1. The minimum Gasteiger partial charge on any atom is -0.384 e. The zero-order valence-corrected chi connectivity index (χ0v) is 23.3. The van der Waals surface area contributed by atoms with Crippen LogP contribution >= 0.6 is 0 Å².